The first kappa shape index (κ1) is 18.1. The molecule has 2 aliphatic rings. The second-order valence-electron chi connectivity index (χ2n) is 9.04. The third kappa shape index (κ3) is 3.05. The Morgan fingerprint density at radius 2 is 1.86 bits per heavy atom. The van der Waals surface area contributed by atoms with E-state index >= 15 is 0 Å². The maximum absolute atomic E-state index is 11.9. The largest absolute Gasteiger partial charge is 0.413 e. The zero-order chi connectivity index (χ0) is 17.0. The molecule has 5 heteroatoms. The summed E-state index contributed by atoms with van der Waals surface area (Å²) in [5.41, 5.74) is -0.516. The molecule has 0 bridgehead atoms. The Morgan fingerprint density at radius 3 is 2.27 bits per heavy atom. The highest BCUT2D eigenvalue weighted by Crippen LogP contribution is 2.51. The summed E-state index contributed by atoms with van der Waals surface area (Å²) in [5, 5.41) is 0.127. The molecule has 0 amide bonds. The first-order valence-electron chi connectivity index (χ1n) is 8.31. The third-order valence-electron chi connectivity index (χ3n) is 5.69. The average molecular weight is 329 g/mol. The standard InChI is InChI=1S/C17H32O4Si/c1-12-9-17(11-19-16(5,6)21-17)13(10-18)14(12)20-22(7,8)15(2,3)4/h10,12-14H,9,11H2,1-8H3/t12-,13-,14+,17-/m0/s1. The molecule has 1 saturated heterocycles. The molecule has 22 heavy (non-hydrogen) atoms. The van der Waals surface area contributed by atoms with Crippen LogP contribution in [0.4, 0.5) is 0 Å². The van der Waals surface area contributed by atoms with E-state index in [1.165, 1.54) is 0 Å². The Balaban J connectivity index is 2.25. The Kier molecular flexibility index (Phi) is 4.44. The Labute approximate surface area is 136 Å². The van der Waals surface area contributed by atoms with Crippen molar-refractivity contribution in [3.05, 3.63) is 0 Å². The van der Waals surface area contributed by atoms with Crippen LogP contribution in [0.2, 0.25) is 18.1 Å². The fraction of sp³-hybridized carbons (Fsp3) is 0.941. The normalized spacial score (nSPS) is 38.6. The summed E-state index contributed by atoms with van der Waals surface area (Å²) >= 11 is 0. The van der Waals surface area contributed by atoms with Gasteiger partial charge < -0.3 is 18.7 Å². The molecular formula is C17H32O4Si. The summed E-state index contributed by atoms with van der Waals surface area (Å²) in [6.45, 7) is 17.6. The maximum Gasteiger partial charge on any atom is 0.192 e. The fourth-order valence-corrected chi connectivity index (χ4v) is 4.88. The molecule has 1 heterocycles. The lowest BCUT2D eigenvalue weighted by Crippen LogP contribution is -2.49. The molecule has 2 fully saturated rings. The van der Waals surface area contributed by atoms with Gasteiger partial charge in [-0.25, -0.2) is 0 Å². The molecular weight excluding hydrogens is 296 g/mol. The van der Waals surface area contributed by atoms with E-state index in [4.69, 9.17) is 13.9 Å². The zero-order valence-electron chi connectivity index (χ0n) is 15.4. The van der Waals surface area contributed by atoms with Gasteiger partial charge in [-0.15, -0.1) is 0 Å². The van der Waals surface area contributed by atoms with Gasteiger partial charge in [0.05, 0.1) is 18.6 Å². The fourth-order valence-electron chi connectivity index (χ4n) is 3.47. The number of hydrogen-bond acceptors (Lipinski definition) is 4. The van der Waals surface area contributed by atoms with Gasteiger partial charge in [-0.05, 0) is 44.3 Å². The van der Waals surface area contributed by atoms with Crippen LogP contribution in [0.15, 0.2) is 0 Å². The second-order valence-corrected chi connectivity index (χ2v) is 13.8. The van der Waals surface area contributed by atoms with Gasteiger partial charge in [-0.3, -0.25) is 0 Å². The maximum atomic E-state index is 11.9. The van der Waals surface area contributed by atoms with Crippen LogP contribution in [-0.2, 0) is 18.7 Å². The van der Waals surface area contributed by atoms with Crippen LogP contribution in [-0.4, -0.2) is 38.7 Å². The van der Waals surface area contributed by atoms with Gasteiger partial charge in [0.25, 0.3) is 0 Å². The van der Waals surface area contributed by atoms with E-state index < -0.39 is 19.7 Å². The SMILES string of the molecule is C[C@H]1C[C@]2(COC(C)(C)O2)[C@@H](C=O)[C@@H]1O[Si](C)(C)C(C)(C)C. The predicted molar refractivity (Wildman–Crippen MR) is 89.3 cm³/mol. The lowest BCUT2D eigenvalue weighted by molar-refractivity contribution is -0.171. The minimum absolute atomic E-state index is 0.0732. The molecule has 4 nitrogen and oxygen atoms in total. The van der Waals surface area contributed by atoms with Crippen molar-refractivity contribution in [3.8, 4) is 0 Å². The van der Waals surface area contributed by atoms with E-state index in [9.17, 15) is 4.79 Å². The lowest BCUT2D eigenvalue weighted by atomic mass is 9.92. The van der Waals surface area contributed by atoms with Crippen molar-refractivity contribution in [2.24, 2.45) is 11.8 Å². The first-order valence-corrected chi connectivity index (χ1v) is 11.2. The molecule has 0 aromatic heterocycles. The van der Waals surface area contributed by atoms with Crippen molar-refractivity contribution in [2.75, 3.05) is 6.61 Å². The Bertz CT molecular complexity index is 440. The molecule has 0 radical (unpaired) electrons. The van der Waals surface area contributed by atoms with Gasteiger partial charge in [-0.2, -0.15) is 0 Å². The minimum atomic E-state index is -1.93. The average Bonchev–Trinajstić information content (AvgIpc) is 2.75. The molecule has 0 aromatic carbocycles. The van der Waals surface area contributed by atoms with Crippen LogP contribution in [0.5, 0.6) is 0 Å². The molecule has 0 aromatic rings. The van der Waals surface area contributed by atoms with E-state index in [-0.39, 0.29) is 17.1 Å². The molecule has 0 N–H and O–H groups in total. The monoisotopic (exact) mass is 328 g/mol. The third-order valence-corrected chi connectivity index (χ3v) is 10.2. The number of aldehydes is 1. The first-order chi connectivity index (χ1) is 9.84. The summed E-state index contributed by atoms with van der Waals surface area (Å²) in [5.74, 6) is -0.576. The summed E-state index contributed by atoms with van der Waals surface area (Å²) in [4.78, 5) is 11.9. The minimum Gasteiger partial charge on any atom is -0.413 e. The highest BCUT2D eigenvalue weighted by Gasteiger charge is 2.60. The van der Waals surface area contributed by atoms with Gasteiger partial charge in [0.15, 0.2) is 14.1 Å². The van der Waals surface area contributed by atoms with Crippen molar-refractivity contribution in [3.63, 3.8) is 0 Å². The van der Waals surface area contributed by atoms with Crippen LogP contribution < -0.4 is 0 Å². The molecule has 128 valence electrons. The van der Waals surface area contributed by atoms with Crippen molar-refractivity contribution in [1.29, 1.82) is 0 Å². The summed E-state index contributed by atoms with van der Waals surface area (Å²) in [7, 11) is -1.93. The molecule has 1 spiro atoms. The van der Waals surface area contributed by atoms with Gasteiger partial charge in [0.2, 0.25) is 0 Å². The highest BCUT2D eigenvalue weighted by atomic mass is 28.4. The zero-order valence-corrected chi connectivity index (χ0v) is 16.4. The predicted octanol–water partition coefficient (Wildman–Crippen LogP) is 3.75. The molecule has 1 aliphatic carbocycles. The van der Waals surface area contributed by atoms with Gasteiger partial charge in [0.1, 0.15) is 11.9 Å². The van der Waals surface area contributed by atoms with Crippen molar-refractivity contribution in [2.45, 2.75) is 83.6 Å². The van der Waals surface area contributed by atoms with Crippen molar-refractivity contribution < 1.29 is 18.7 Å². The van der Waals surface area contributed by atoms with E-state index in [2.05, 4.69) is 40.8 Å². The van der Waals surface area contributed by atoms with E-state index in [1.807, 2.05) is 13.8 Å². The van der Waals surface area contributed by atoms with Crippen LogP contribution in [0, 0.1) is 11.8 Å². The smallest absolute Gasteiger partial charge is 0.192 e. The number of hydrogen-bond donors (Lipinski definition) is 0. The number of carbonyl (C=O) groups excluding carboxylic acids is 1. The van der Waals surface area contributed by atoms with Crippen LogP contribution >= 0.6 is 0 Å². The summed E-state index contributed by atoms with van der Waals surface area (Å²) in [6, 6.07) is 0. The molecule has 1 saturated carbocycles. The van der Waals surface area contributed by atoms with Gasteiger partial charge >= 0.3 is 0 Å². The number of ether oxygens (including phenoxy) is 2. The molecule has 4 atom stereocenters. The topological polar surface area (TPSA) is 44.8 Å². The second kappa shape index (κ2) is 5.40. The van der Waals surface area contributed by atoms with Crippen LogP contribution in [0.25, 0.3) is 0 Å². The van der Waals surface area contributed by atoms with Crippen molar-refractivity contribution >= 4 is 14.6 Å². The lowest BCUT2D eigenvalue weighted by Gasteiger charge is -2.41. The Morgan fingerprint density at radius 1 is 1.27 bits per heavy atom. The van der Waals surface area contributed by atoms with Gasteiger partial charge in [-0.1, -0.05) is 27.7 Å². The quantitative estimate of drug-likeness (QED) is 0.584. The van der Waals surface area contributed by atoms with Crippen LogP contribution in [0.3, 0.4) is 0 Å². The van der Waals surface area contributed by atoms with Crippen LogP contribution in [0.1, 0.15) is 48.0 Å². The van der Waals surface area contributed by atoms with E-state index in [0.717, 1.165) is 12.7 Å². The number of carbonyl (C=O) groups is 1. The molecule has 2 rings (SSSR count). The van der Waals surface area contributed by atoms with Crippen molar-refractivity contribution in [1.82, 2.24) is 0 Å². The molecule has 0 unspecified atom stereocenters. The van der Waals surface area contributed by atoms with Gasteiger partial charge in [0, 0.05) is 0 Å². The number of rotatable bonds is 3. The molecule has 1 aliphatic heterocycles. The summed E-state index contributed by atoms with van der Waals surface area (Å²) < 4.78 is 18.6. The summed E-state index contributed by atoms with van der Waals surface area (Å²) in [6.07, 6.45) is 1.78. The highest BCUT2D eigenvalue weighted by molar-refractivity contribution is 6.74. The van der Waals surface area contributed by atoms with E-state index in [1.54, 1.807) is 0 Å². The van der Waals surface area contributed by atoms with E-state index in [0.29, 0.717) is 12.5 Å². The Hall–Kier alpha value is -0.233.